The van der Waals surface area contributed by atoms with Crippen LogP contribution in [0, 0.1) is 5.82 Å². The van der Waals surface area contributed by atoms with Crippen LogP contribution in [0.25, 0.3) is 10.9 Å². The van der Waals surface area contributed by atoms with E-state index in [1.54, 1.807) is 7.11 Å². The predicted octanol–water partition coefficient (Wildman–Crippen LogP) is 3.22. The molecule has 5 nitrogen and oxygen atoms in total. The maximum absolute atomic E-state index is 13.2. The van der Waals surface area contributed by atoms with Gasteiger partial charge < -0.3 is 20.4 Å². The van der Waals surface area contributed by atoms with Crippen LogP contribution in [0.2, 0.25) is 0 Å². The Morgan fingerprint density at radius 2 is 2.12 bits per heavy atom. The van der Waals surface area contributed by atoms with Gasteiger partial charge in [-0.1, -0.05) is 0 Å². The third kappa shape index (κ3) is 6.38. The minimum Gasteiger partial charge on any atom is -0.385 e. The van der Waals surface area contributed by atoms with Gasteiger partial charge in [0.2, 0.25) is 0 Å². The number of nitrogens with zero attached hydrogens (tertiary/aromatic N) is 1. The summed E-state index contributed by atoms with van der Waals surface area (Å²) in [7, 11) is 1.73. The van der Waals surface area contributed by atoms with Crippen molar-refractivity contribution >= 4 is 16.9 Å². The standard InChI is InChI=1S/C19H29FN4O/c1-3-21-19(22-10-5-4-6-12-25-2)23-11-9-15-14-24-18-13-16(20)7-8-17(15)18/h7-8,13-14,24H,3-6,9-12H2,1-2H3,(H2,21,22,23). The summed E-state index contributed by atoms with van der Waals surface area (Å²) in [6.45, 7) is 5.30. The normalized spacial score (nSPS) is 11.9. The second kappa shape index (κ2) is 10.7. The zero-order valence-electron chi connectivity index (χ0n) is 15.2. The van der Waals surface area contributed by atoms with Gasteiger partial charge in [-0.3, -0.25) is 4.99 Å². The maximum atomic E-state index is 13.2. The lowest BCUT2D eigenvalue weighted by Gasteiger charge is -2.11. The lowest BCUT2D eigenvalue weighted by molar-refractivity contribution is 0.192. The van der Waals surface area contributed by atoms with Crippen molar-refractivity contribution in [2.45, 2.75) is 32.6 Å². The number of halogens is 1. The van der Waals surface area contributed by atoms with E-state index in [9.17, 15) is 4.39 Å². The van der Waals surface area contributed by atoms with Gasteiger partial charge in [0.05, 0.1) is 0 Å². The average molecular weight is 348 g/mol. The molecule has 0 aliphatic heterocycles. The SMILES string of the molecule is CCNC(=NCCCCCOC)NCCc1c[nH]c2cc(F)ccc12. The summed E-state index contributed by atoms with van der Waals surface area (Å²) >= 11 is 0. The molecule has 0 saturated heterocycles. The molecule has 0 atom stereocenters. The highest BCUT2D eigenvalue weighted by Gasteiger charge is 2.05. The minimum atomic E-state index is -0.217. The van der Waals surface area contributed by atoms with Crippen molar-refractivity contribution in [3.05, 3.63) is 35.8 Å². The van der Waals surface area contributed by atoms with E-state index in [4.69, 9.17) is 4.74 Å². The number of methoxy groups -OCH3 is 1. The third-order valence-electron chi connectivity index (χ3n) is 4.04. The van der Waals surface area contributed by atoms with Gasteiger partial charge in [0.25, 0.3) is 0 Å². The van der Waals surface area contributed by atoms with Crippen molar-refractivity contribution in [3.63, 3.8) is 0 Å². The van der Waals surface area contributed by atoms with E-state index in [1.165, 1.54) is 17.7 Å². The predicted molar refractivity (Wildman–Crippen MR) is 102 cm³/mol. The third-order valence-corrected chi connectivity index (χ3v) is 4.04. The molecule has 6 heteroatoms. The Hall–Kier alpha value is -2.08. The van der Waals surface area contributed by atoms with E-state index in [0.717, 1.165) is 68.8 Å². The van der Waals surface area contributed by atoms with E-state index in [0.29, 0.717) is 0 Å². The average Bonchev–Trinajstić information content (AvgIpc) is 3.00. The zero-order valence-corrected chi connectivity index (χ0v) is 15.2. The first-order valence-corrected chi connectivity index (χ1v) is 9.01. The molecule has 1 aromatic heterocycles. The fraction of sp³-hybridized carbons (Fsp3) is 0.526. The molecule has 0 fully saturated rings. The highest BCUT2D eigenvalue weighted by molar-refractivity contribution is 5.83. The molecule has 0 amide bonds. The molecule has 0 spiro atoms. The molecule has 0 aliphatic rings. The molecule has 1 heterocycles. The number of rotatable bonds is 10. The first-order chi connectivity index (χ1) is 12.2. The van der Waals surface area contributed by atoms with Crippen LogP contribution in [0.15, 0.2) is 29.4 Å². The van der Waals surface area contributed by atoms with Crippen LogP contribution in [0.3, 0.4) is 0 Å². The van der Waals surface area contributed by atoms with E-state index in [1.807, 2.05) is 12.3 Å². The van der Waals surface area contributed by atoms with Crippen molar-refractivity contribution in [2.75, 3.05) is 33.4 Å². The zero-order chi connectivity index (χ0) is 17.9. The van der Waals surface area contributed by atoms with Crippen LogP contribution < -0.4 is 10.6 Å². The number of hydrogen-bond donors (Lipinski definition) is 3. The van der Waals surface area contributed by atoms with Gasteiger partial charge in [-0.2, -0.15) is 0 Å². The van der Waals surface area contributed by atoms with E-state index in [2.05, 4.69) is 27.5 Å². The second-order valence-corrected chi connectivity index (χ2v) is 5.99. The number of guanidine groups is 1. The van der Waals surface area contributed by atoms with Crippen molar-refractivity contribution < 1.29 is 9.13 Å². The van der Waals surface area contributed by atoms with Crippen LogP contribution in [-0.2, 0) is 11.2 Å². The number of ether oxygens (including phenoxy) is 1. The fourth-order valence-corrected chi connectivity index (χ4v) is 2.75. The van der Waals surface area contributed by atoms with Crippen molar-refractivity contribution in [2.24, 2.45) is 4.99 Å². The number of H-pyrrole nitrogens is 1. The molecule has 138 valence electrons. The summed E-state index contributed by atoms with van der Waals surface area (Å²) < 4.78 is 18.3. The van der Waals surface area contributed by atoms with E-state index < -0.39 is 0 Å². The molecule has 2 aromatic rings. The van der Waals surface area contributed by atoms with E-state index >= 15 is 0 Å². The monoisotopic (exact) mass is 348 g/mol. The first kappa shape index (κ1) is 19.2. The van der Waals surface area contributed by atoms with Gasteiger partial charge in [0, 0.05) is 50.5 Å². The number of unbranched alkanes of at least 4 members (excludes halogenated alkanes) is 2. The highest BCUT2D eigenvalue weighted by Crippen LogP contribution is 2.19. The molecule has 1 aromatic carbocycles. The number of fused-ring (bicyclic) bond motifs is 1. The smallest absolute Gasteiger partial charge is 0.191 e. The molecule has 2 rings (SSSR count). The van der Waals surface area contributed by atoms with Gasteiger partial charge in [0.1, 0.15) is 5.82 Å². The van der Waals surface area contributed by atoms with Gasteiger partial charge in [-0.15, -0.1) is 0 Å². The van der Waals surface area contributed by atoms with Crippen molar-refractivity contribution in [1.82, 2.24) is 15.6 Å². The molecule has 3 N–H and O–H groups in total. The van der Waals surface area contributed by atoms with Gasteiger partial charge in [-0.05, 0) is 56.4 Å². The van der Waals surface area contributed by atoms with Crippen LogP contribution in [0.5, 0.6) is 0 Å². The van der Waals surface area contributed by atoms with Crippen LogP contribution in [-0.4, -0.2) is 44.3 Å². The molecule has 0 radical (unpaired) electrons. The highest BCUT2D eigenvalue weighted by atomic mass is 19.1. The quantitative estimate of drug-likeness (QED) is 0.351. The Morgan fingerprint density at radius 1 is 1.24 bits per heavy atom. The molecule has 0 aliphatic carbocycles. The molecular weight excluding hydrogens is 319 g/mol. The summed E-state index contributed by atoms with van der Waals surface area (Å²) in [5, 5.41) is 7.70. The lowest BCUT2D eigenvalue weighted by atomic mass is 10.1. The lowest BCUT2D eigenvalue weighted by Crippen LogP contribution is -2.38. The maximum Gasteiger partial charge on any atom is 0.191 e. The number of nitrogens with one attached hydrogen (secondary N) is 3. The molecule has 0 bridgehead atoms. The van der Waals surface area contributed by atoms with Crippen LogP contribution in [0.4, 0.5) is 4.39 Å². The van der Waals surface area contributed by atoms with E-state index in [-0.39, 0.29) is 5.82 Å². The Bertz CT molecular complexity index is 668. The minimum absolute atomic E-state index is 0.217. The summed E-state index contributed by atoms with van der Waals surface area (Å²) in [5.74, 6) is 0.631. The van der Waals surface area contributed by atoms with Crippen LogP contribution in [0.1, 0.15) is 31.7 Å². The Balaban J connectivity index is 1.79. The molecule has 25 heavy (non-hydrogen) atoms. The molecular formula is C19H29FN4O. The Labute approximate surface area is 149 Å². The number of aliphatic imine (C=N–C) groups is 1. The Morgan fingerprint density at radius 3 is 2.92 bits per heavy atom. The number of benzene rings is 1. The molecule has 0 saturated carbocycles. The van der Waals surface area contributed by atoms with Gasteiger partial charge >= 0.3 is 0 Å². The number of hydrogen-bond acceptors (Lipinski definition) is 2. The second-order valence-electron chi connectivity index (χ2n) is 5.99. The number of aromatic amines is 1. The summed E-state index contributed by atoms with van der Waals surface area (Å²) in [5.41, 5.74) is 2.02. The first-order valence-electron chi connectivity index (χ1n) is 9.01. The van der Waals surface area contributed by atoms with Crippen molar-refractivity contribution in [1.29, 1.82) is 0 Å². The van der Waals surface area contributed by atoms with Gasteiger partial charge in [-0.25, -0.2) is 4.39 Å². The van der Waals surface area contributed by atoms with Gasteiger partial charge in [0.15, 0.2) is 5.96 Å². The molecule has 0 unspecified atom stereocenters. The topological polar surface area (TPSA) is 61.4 Å². The fourth-order valence-electron chi connectivity index (χ4n) is 2.75. The largest absolute Gasteiger partial charge is 0.385 e. The summed E-state index contributed by atoms with van der Waals surface area (Å²) in [4.78, 5) is 7.73. The van der Waals surface area contributed by atoms with Crippen molar-refractivity contribution in [3.8, 4) is 0 Å². The van der Waals surface area contributed by atoms with Crippen LogP contribution >= 0.6 is 0 Å². The number of aromatic nitrogens is 1. The summed E-state index contributed by atoms with van der Waals surface area (Å²) in [6, 6.07) is 4.86. The summed E-state index contributed by atoms with van der Waals surface area (Å²) in [6.07, 6.45) is 6.07. The Kier molecular flexibility index (Phi) is 8.25.